The third-order valence-electron chi connectivity index (χ3n) is 7.83. The normalized spacial score (nSPS) is 17.0. The Labute approximate surface area is 277 Å². The maximum Gasteiger partial charge on any atom is 0.252 e. The van der Waals surface area contributed by atoms with Gasteiger partial charge in [-0.2, -0.15) is 0 Å². The van der Waals surface area contributed by atoms with E-state index in [1.165, 1.54) is 5.56 Å². The lowest BCUT2D eigenvalue weighted by molar-refractivity contribution is -0.128. The molecule has 9 nitrogen and oxygen atoms in total. The first-order valence-corrected chi connectivity index (χ1v) is 16.1. The predicted molar refractivity (Wildman–Crippen MR) is 182 cm³/mol. The number of carbonyl (C=O) groups excluding carboxylic acids is 1. The number of rotatable bonds is 15. The van der Waals surface area contributed by atoms with Gasteiger partial charge in [-0.3, -0.25) is 4.79 Å². The van der Waals surface area contributed by atoms with Crippen molar-refractivity contribution in [3.8, 4) is 5.75 Å². The van der Waals surface area contributed by atoms with Crippen LogP contribution in [0, 0.1) is 0 Å². The molecule has 2 N–H and O–H groups in total. The number of aliphatic hydroxyl groups is 1. The second-order valence-corrected chi connectivity index (χ2v) is 11.9. The van der Waals surface area contributed by atoms with Crippen molar-refractivity contribution >= 4 is 27.7 Å². The van der Waals surface area contributed by atoms with Gasteiger partial charge < -0.3 is 19.9 Å². The molecule has 1 amide bonds. The van der Waals surface area contributed by atoms with Crippen LogP contribution >= 0.6 is 15.9 Å². The summed E-state index contributed by atoms with van der Waals surface area (Å²) < 4.78 is 13.3. The third kappa shape index (κ3) is 8.14. The van der Waals surface area contributed by atoms with Crippen LogP contribution in [0.25, 0.3) is 10.4 Å². The van der Waals surface area contributed by atoms with Gasteiger partial charge in [0.15, 0.2) is 11.6 Å². The SMILES string of the molecule is [N-]=[N+]=NCc1ccccc1[C@H]1OC(c2ccc(OCCCO)cc2)=N[C@@]1(Cc1ccc(Br)cc1)C(=O)NCCCc1ccccc1. The molecule has 1 aliphatic heterocycles. The van der Waals surface area contributed by atoms with Gasteiger partial charge in [-0.25, -0.2) is 4.99 Å². The van der Waals surface area contributed by atoms with E-state index in [-0.39, 0.29) is 25.5 Å². The Balaban J connectivity index is 1.53. The fourth-order valence-electron chi connectivity index (χ4n) is 5.51. The van der Waals surface area contributed by atoms with Gasteiger partial charge >= 0.3 is 0 Å². The molecule has 10 heteroatoms. The van der Waals surface area contributed by atoms with Gasteiger partial charge in [0.1, 0.15) is 5.75 Å². The van der Waals surface area contributed by atoms with Crippen molar-refractivity contribution in [3.05, 3.63) is 146 Å². The summed E-state index contributed by atoms with van der Waals surface area (Å²) in [4.78, 5) is 22.6. The van der Waals surface area contributed by atoms with Gasteiger partial charge in [0, 0.05) is 40.9 Å². The molecule has 0 saturated carbocycles. The monoisotopic (exact) mass is 681 g/mol. The summed E-state index contributed by atoms with van der Waals surface area (Å²) in [7, 11) is 0. The van der Waals surface area contributed by atoms with E-state index in [0.717, 1.165) is 34.0 Å². The van der Waals surface area contributed by atoms with Crippen molar-refractivity contribution in [2.75, 3.05) is 19.8 Å². The maximum absolute atomic E-state index is 14.5. The largest absolute Gasteiger partial charge is 0.494 e. The van der Waals surface area contributed by atoms with Crippen molar-refractivity contribution in [2.45, 2.75) is 43.9 Å². The van der Waals surface area contributed by atoms with Gasteiger partial charge in [0.05, 0.1) is 13.2 Å². The van der Waals surface area contributed by atoms with E-state index in [0.29, 0.717) is 36.8 Å². The van der Waals surface area contributed by atoms with E-state index in [4.69, 9.17) is 25.1 Å². The standard InChI is InChI=1S/C36H36BrN5O4/c37-30-17-13-27(14-18-30)24-36(35(44)39-21-6-10-26-8-2-1-3-9-26)33(32-12-5-4-11-29(32)25-40-42-38)46-34(41-36)28-15-19-31(20-16-28)45-23-7-22-43/h1-5,8-9,11-20,33,43H,6-7,10,21-25H2,(H,39,44)/t33-,36-/m1/s1. The lowest BCUT2D eigenvalue weighted by Crippen LogP contribution is -2.50. The number of amides is 1. The fourth-order valence-corrected chi connectivity index (χ4v) is 5.77. The second-order valence-electron chi connectivity index (χ2n) is 11.0. The molecular formula is C36H36BrN5O4. The van der Waals surface area contributed by atoms with Crippen LogP contribution in [0.1, 0.15) is 46.8 Å². The number of halogens is 1. The number of nitrogens with zero attached hydrogens (tertiary/aromatic N) is 4. The van der Waals surface area contributed by atoms with E-state index in [9.17, 15) is 4.79 Å². The number of aliphatic imine (C=N–C) groups is 1. The molecule has 2 atom stereocenters. The Hall–Kier alpha value is -4.63. The number of ether oxygens (including phenoxy) is 2. The summed E-state index contributed by atoms with van der Waals surface area (Å²) in [6.07, 6.45) is 1.60. The van der Waals surface area contributed by atoms with Crippen LogP contribution in [0.15, 0.2) is 118 Å². The number of aryl methyl sites for hydroxylation is 1. The topological polar surface area (TPSA) is 129 Å². The molecule has 4 aromatic carbocycles. The second kappa shape index (κ2) is 16.1. The van der Waals surface area contributed by atoms with Gasteiger partial charge in [-0.15, -0.1) is 0 Å². The zero-order valence-corrected chi connectivity index (χ0v) is 27.0. The average molecular weight is 683 g/mol. The van der Waals surface area contributed by atoms with Crippen molar-refractivity contribution in [2.24, 2.45) is 10.1 Å². The highest BCUT2D eigenvalue weighted by Gasteiger charge is 2.53. The van der Waals surface area contributed by atoms with Gasteiger partial charge in [0.2, 0.25) is 5.90 Å². The van der Waals surface area contributed by atoms with E-state index in [1.807, 2.05) is 91.0 Å². The minimum Gasteiger partial charge on any atom is -0.494 e. The number of aliphatic hydroxyl groups excluding tert-OH is 1. The average Bonchev–Trinajstić information content (AvgIpc) is 3.48. The van der Waals surface area contributed by atoms with E-state index >= 15 is 0 Å². The Bertz CT molecular complexity index is 1680. The first kappa shape index (κ1) is 32.8. The number of hydrogen-bond donors (Lipinski definition) is 2. The summed E-state index contributed by atoms with van der Waals surface area (Å²) in [5.74, 6) is 0.748. The third-order valence-corrected chi connectivity index (χ3v) is 8.36. The van der Waals surface area contributed by atoms with E-state index in [2.05, 4.69) is 43.4 Å². The molecule has 5 rings (SSSR count). The summed E-state index contributed by atoms with van der Waals surface area (Å²) in [5, 5.41) is 16.1. The zero-order chi connectivity index (χ0) is 32.2. The van der Waals surface area contributed by atoms with Gasteiger partial charge in [0.25, 0.3) is 5.91 Å². The Morgan fingerprint density at radius 1 is 0.978 bits per heavy atom. The molecule has 4 aromatic rings. The zero-order valence-electron chi connectivity index (χ0n) is 25.4. The Morgan fingerprint density at radius 2 is 1.72 bits per heavy atom. The Morgan fingerprint density at radius 3 is 2.46 bits per heavy atom. The molecule has 0 fully saturated rings. The van der Waals surface area contributed by atoms with E-state index < -0.39 is 11.6 Å². The summed E-state index contributed by atoms with van der Waals surface area (Å²) >= 11 is 3.52. The summed E-state index contributed by atoms with van der Waals surface area (Å²) in [6.45, 7) is 1.03. The highest BCUT2D eigenvalue weighted by Crippen LogP contribution is 2.44. The van der Waals surface area contributed by atoms with Crippen molar-refractivity contribution < 1.29 is 19.4 Å². The fraction of sp³-hybridized carbons (Fsp3) is 0.278. The molecule has 0 bridgehead atoms. The molecule has 236 valence electrons. The molecule has 0 spiro atoms. The highest BCUT2D eigenvalue weighted by atomic mass is 79.9. The number of azide groups is 1. The molecule has 46 heavy (non-hydrogen) atoms. The lowest BCUT2D eigenvalue weighted by Gasteiger charge is -2.32. The smallest absolute Gasteiger partial charge is 0.252 e. The first-order chi connectivity index (χ1) is 22.5. The van der Waals surface area contributed by atoms with Gasteiger partial charge in [-0.1, -0.05) is 87.8 Å². The molecule has 0 aromatic heterocycles. The van der Waals surface area contributed by atoms with Crippen LogP contribution < -0.4 is 10.1 Å². The van der Waals surface area contributed by atoms with Crippen LogP contribution in [0.3, 0.4) is 0 Å². The lowest BCUT2D eigenvalue weighted by atomic mass is 9.80. The quantitative estimate of drug-likeness (QED) is 0.0592. The predicted octanol–water partition coefficient (Wildman–Crippen LogP) is 7.27. The maximum atomic E-state index is 14.5. The molecule has 1 aliphatic rings. The summed E-state index contributed by atoms with van der Waals surface area (Å²) in [6, 6.07) is 32.9. The number of nitrogens with one attached hydrogen (secondary N) is 1. The number of benzene rings is 4. The van der Waals surface area contributed by atoms with Crippen LogP contribution in [-0.2, 0) is 28.9 Å². The number of hydrogen-bond acceptors (Lipinski definition) is 6. The van der Waals surface area contributed by atoms with Gasteiger partial charge in [-0.05, 0) is 77.0 Å². The van der Waals surface area contributed by atoms with E-state index in [1.54, 1.807) is 0 Å². The first-order valence-electron chi connectivity index (χ1n) is 15.3. The minimum atomic E-state index is -1.36. The van der Waals surface area contributed by atoms with Crippen LogP contribution in [-0.4, -0.2) is 42.2 Å². The minimum absolute atomic E-state index is 0.0556. The van der Waals surface area contributed by atoms with Crippen LogP contribution in [0.4, 0.5) is 0 Å². The van der Waals surface area contributed by atoms with Crippen molar-refractivity contribution in [1.29, 1.82) is 0 Å². The molecule has 1 heterocycles. The molecule has 0 radical (unpaired) electrons. The van der Waals surface area contributed by atoms with Crippen molar-refractivity contribution in [1.82, 2.24) is 5.32 Å². The number of carbonyl (C=O) groups is 1. The highest BCUT2D eigenvalue weighted by molar-refractivity contribution is 9.10. The van der Waals surface area contributed by atoms with Crippen LogP contribution in [0.5, 0.6) is 5.75 Å². The summed E-state index contributed by atoms with van der Waals surface area (Å²) in [5.41, 5.74) is 12.0. The Kier molecular flexibility index (Phi) is 11.5. The molecular weight excluding hydrogens is 646 g/mol. The van der Waals surface area contributed by atoms with Crippen LogP contribution in [0.2, 0.25) is 0 Å². The molecule has 0 saturated heterocycles. The van der Waals surface area contributed by atoms with Crippen molar-refractivity contribution in [3.63, 3.8) is 0 Å². The molecule has 0 aliphatic carbocycles. The molecule has 0 unspecified atom stereocenters.